The lowest BCUT2D eigenvalue weighted by molar-refractivity contribution is 0.101. The molecule has 3 heteroatoms. The van der Waals surface area contributed by atoms with Gasteiger partial charge in [0.1, 0.15) is 5.69 Å². The molecule has 0 atom stereocenters. The summed E-state index contributed by atoms with van der Waals surface area (Å²) in [4.78, 5) is 14.9. The first-order chi connectivity index (χ1) is 6.74. The van der Waals surface area contributed by atoms with Gasteiger partial charge in [0.25, 0.3) is 0 Å². The summed E-state index contributed by atoms with van der Waals surface area (Å²) in [7, 11) is 0. The van der Waals surface area contributed by atoms with Crippen molar-refractivity contribution in [2.45, 2.75) is 13.3 Å². The van der Waals surface area contributed by atoms with Gasteiger partial charge in [-0.1, -0.05) is 18.2 Å². The SMILES string of the molecule is CC(=O)c1ccc(C=CCCN)cn1. The second-order valence-electron chi connectivity index (χ2n) is 3.01. The Labute approximate surface area is 83.7 Å². The van der Waals surface area contributed by atoms with Crippen molar-refractivity contribution in [3.8, 4) is 0 Å². The third-order valence-electron chi connectivity index (χ3n) is 1.79. The third-order valence-corrected chi connectivity index (χ3v) is 1.79. The normalized spacial score (nSPS) is 10.7. The molecular weight excluding hydrogens is 176 g/mol. The molecule has 0 saturated heterocycles. The lowest BCUT2D eigenvalue weighted by Crippen LogP contribution is -1.96. The second-order valence-corrected chi connectivity index (χ2v) is 3.01. The molecule has 0 radical (unpaired) electrons. The highest BCUT2D eigenvalue weighted by atomic mass is 16.1. The van der Waals surface area contributed by atoms with Crippen LogP contribution in [0.2, 0.25) is 0 Å². The Morgan fingerprint density at radius 3 is 2.86 bits per heavy atom. The van der Waals surface area contributed by atoms with Crippen LogP contribution in [-0.2, 0) is 0 Å². The van der Waals surface area contributed by atoms with Gasteiger partial charge in [0.15, 0.2) is 5.78 Å². The molecular formula is C11H14N2O. The van der Waals surface area contributed by atoms with Crippen molar-refractivity contribution in [2.75, 3.05) is 6.54 Å². The zero-order chi connectivity index (χ0) is 10.4. The van der Waals surface area contributed by atoms with Crippen LogP contribution in [0.3, 0.4) is 0 Å². The van der Waals surface area contributed by atoms with E-state index in [1.165, 1.54) is 6.92 Å². The molecule has 74 valence electrons. The number of ketones is 1. The maximum absolute atomic E-state index is 10.9. The number of rotatable bonds is 4. The highest BCUT2D eigenvalue weighted by Gasteiger charge is 1.98. The van der Waals surface area contributed by atoms with Crippen molar-refractivity contribution in [1.29, 1.82) is 0 Å². The van der Waals surface area contributed by atoms with E-state index < -0.39 is 0 Å². The van der Waals surface area contributed by atoms with Crippen LogP contribution in [0.15, 0.2) is 24.4 Å². The zero-order valence-electron chi connectivity index (χ0n) is 8.23. The third kappa shape index (κ3) is 3.11. The van der Waals surface area contributed by atoms with Crippen LogP contribution in [-0.4, -0.2) is 17.3 Å². The fourth-order valence-corrected chi connectivity index (χ4v) is 1.03. The summed E-state index contributed by atoms with van der Waals surface area (Å²) in [6.07, 6.45) is 6.48. The van der Waals surface area contributed by atoms with Gasteiger partial charge >= 0.3 is 0 Å². The van der Waals surface area contributed by atoms with Gasteiger partial charge in [0, 0.05) is 13.1 Å². The molecule has 0 aliphatic heterocycles. The molecule has 0 unspecified atom stereocenters. The maximum Gasteiger partial charge on any atom is 0.178 e. The smallest absolute Gasteiger partial charge is 0.178 e. The van der Waals surface area contributed by atoms with Crippen LogP contribution >= 0.6 is 0 Å². The summed E-state index contributed by atoms with van der Waals surface area (Å²) in [6.45, 7) is 2.15. The highest BCUT2D eigenvalue weighted by molar-refractivity contribution is 5.92. The first-order valence-electron chi connectivity index (χ1n) is 4.57. The lowest BCUT2D eigenvalue weighted by Gasteiger charge is -1.95. The molecule has 14 heavy (non-hydrogen) atoms. The van der Waals surface area contributed by atoms with Gasteiger partial charge in [-0.25, -0.2) is 0 Å². The van der Waals surface area contributed by atoms with Gasteiger partial charge < -0.3 is 5.73 Å². The van der Waals surface area contributed by atoms with Gasteiger partial charge in [-0.05, 0) is 24.6 Å². The minimum atomic E-state index is -0.0116. The molecule has 1 aromatic heterocycles. The van der Waals surface area contributed by atoms with Gasteiger partial charge in [0.05, 0.1) is 0 Å². The van der Waals surface area contributed by atoms with E-state index in [1.54, 1.807) is 12.3 Å². The molecule has 1 rings (SSSR count). The van der Waals surface area contributed by atoms with E-state index in [0.29, 0.717) is 12.2 Å². The predicted molar refractivity (Wildman–Crippen MR) is 56.9 cm³/mol. The Bertz CT molecular complexity index is 328. The molecule has 3 nitrogen and oxygen atoms in total. The lowest BCUT2D eigenvalue weighted by atomic mass is 10.2. The van der Waals surface area contributed by atoms with Crippen LogP contribution in [0.5, 0.6) is 0 Å². The van der Waals surface area contributed by atoms with Crippen molar-refractivity contribution in [2.24, 2.45) is 5.73 Å². The van der Waals surface area contributed by atoms with Gasteiger partial charge in [-0.3, -0.25) is 9.78 Å². The average molecular weight is 190 g/mol. The zero-order valence-corrected chi connectivity index (χ0v) is 8.23. The molecule has 0 fully saturated rings. The number of pyridine rings is 1. The number of nitrogens with two attached hydrogens (primary N) is 1. The molecule has 0 amide bonds. The molecule has 0 saturated carbocycles. The van der Waals surface area contributed by atoms with Crippen LogP contribution < -0.4 is 5.73 Å². The summed E-state index contributed by atoms with van der Waals surface area (Å²) in [5, 5.41) is 0. The molecule has 0 aliphatic carbocycles. The van der Waals surface area contributed by atoms with Crippen LogP contribution in [0.1, 0.15) is 29.4 Å². The quantitative estimate of drug-likeness (QED) is 0.734. The number of aromatic nitrogens is 1. The average Bonchev–Trinajstić information content (AvgIpc) is 2.19. The molecule has 0 aromatic carbocycles. The van der Waals surface area contributed by atoms with E-state index in [1.807, 2.05) is 18.2 Å². The Morgan fingerprint density at radius 1 is 1.57 bits per heavy atom. The van der Waals surface area contributed by atoms with E-state index in [-0.39, 0.29) is 5.78 Å². The van der Waals surface area contributed by atoms with Crippen molar-refractivity contribution in [1.82, 2.24) is 4.98 Å². The topological polar surface area (TPSA) is 56.0 Å². The molecule has 0 aliphatic rings. The molecule has 2 N–H and O–H groups in total. The minimum absolute atomic E-state index is 0.0116. The van der Waals surface area contributed by atoms with E-state index in [0.717, 1.165) is 12.0 Å². The Balaban J connectivity index is 2.68. The standard InChI is InChI=1S/C11H14N2O/c1-9(14)11-6-5-10(8-13-11)4-2-3-7-12/h2,4-6,8H,3,7,12H2,1H3. The van der Waals surface area contributed by atoms with E-state index in [2.05, 4.69) is 4.98 Å². The maximum atomic E-state index is 10.9. The van der Waals surface area contributed by atoms with Gasteiger partial charge in [-0.15, -0.1) is 0 Å². The summed E-state index contributed by atoms with van der Waals surface area (Å²) in [5.74, 6) is -0.0116. The fourth-order valence-electron chi connectivity index (χ4n) is 1.03. The van der Waals surface area contributed by atoms with Crippen LogP contribution in [0.25, 0.3) is 6.08 Å². The summed E-state index contributed by atoms with van der Waals surface area (Å²) in [6, 6.07) is 3.60. The first-order valence-corrected chi connectivity index (χ1v) is 4.57. The Kier molecular flexibility index (Phi) is 4.01. The monoisotopic (exact) mass is 190 g/mol. The van der Waals surface area contributed by atoms with E-state index in [4.69, 9.17) is 5.73 Å². The number of nitrogens with zero attached hydrogens (tertiary/aromatic N) is 1. The second kappa shape index (κ2) is 5.29. The number of hydrogen-bond acceptors (Lipinski definition) is 3. The van der Waals surface area contributed by atoms with Gasteiger partial charge in [0.2, 0.25) is 0 Å². The highest BCUT2D eigenvalue weighted by Crippen LogP contribution is 2.03. The summed E-state index contributed by atoms with van der Waals surface area (Å²) in [5.41, 5.74) is 6.84. The van der Waals surface area contributed by atoms with Crippen LogP contribution in [0, 0.1) is 0 Å². The van der Waals surface area contributed by atoms with E-state index in [9.17, 15) is 4.79 Å². The van der Waals surface area contributed by atoms with Crippen molar-refractivity contribution >= 4 is 11.9 Å². The first kappa shape index (κ1) is 10.6. The summed E-state index contributed by atoms with van der Waals surface area (Å²) < 4.78 is 0. The number of carbonyl (C=O) groups excluding carboxylic acids is 1. The van der Waals surface area contributed by atoms with E-state index >= 15 is 0 Å². The number of carbonyl (C=O) groups is 1. The summed E-state index contributed by atoms with van der Waals surface area (Å²) >= 11 is 0. The Hall–Kier alpha value is -1.48. The molecule has 1 heterocycles. The predicted octanol–water partition coefficient (Wildman–Crippen LogP) is 1.65. The molecule has 1 aromatic rings. The van der Waals surface area contributed by atoms with Crippen molar-refractivity contribution in [3.05, 3.63) is 35.7 Å². The van der Waals surface area contributed by atoms with Crippen LogP contribution in [0.4, 0.5) is 0 Å². The molecule has 0 spiro atoms. The minimum Gasteiger partial charge on any atom is -0.330 e. The number of Topliss-reactive ketones (excluding diaryl/α,β-unsaturated/α-hetero) is 1. The fraction of sp³-hybridized carbons (Fsp3) is 0.273. The van der Waals surface area contributed by atoms with Gasteiger partial charge in [-0.2, -0.15) is 0 Å². The van der Waals surface area contributed by atoms with Crippen molar-refractivity contribution < 1.29 is 4.79 Å². The van der Waals surface area contributed by atoms with Crippen molar-refractivity contribution in [3.63, 3.8) is 0 Å². The largest absolute Gasteiger partial charge is 0.330 e. The Morgan fingerprint density at radius 2 is 2.36 bits per heavy atom. The number of hydrogen-bond donors (Lipinski definition) is 1. The molecule has 0 bridgehead atoms.